The summed E-state index contributed by atoms with van der Waals surface area (Å²) < 4.78 is 34.4. The third-order valence-electron chi connectivity index (χ3n) is 5.74. The molecule has 0 bridgehead atoms. The number of imidazole rings is 1. The number of halogens is 2. The Kier molecular flexibility index (Phi) is 7.06. The zero-order chi connectivity index (χ0) is 24.2. The van der Waals surface area contributed by atoms with Crippen molar-refractivity contribution in [1.82, 2.24) is 14.9 Å². The number of fused-ring (bicyclic) bond motifs is 1. The predicted molar refractivity (Wildman–Crippen MR) is 125 cm³/mol. The lowest BCUT2D eigenvalue weighted by Crippen LogP contribution is -2.35. The maximum absolute atomic E-state index is 13.8. The number of anilines is 2. The lowest BCUT2D eigenvalue weighted by molar-refractivity contribution is -0.120. The van der Waals surface area contributed by atoms with E-state index in [1.54, 1.807) is 28.8 Å². The van der Waals surface area contributed by atoms with E-state index >= 15 is 0 Å². The van der Waals surface area contributed by atoms with Crippen molar-refractivity contribution in [3.8, 4) is 0 Å². The minimum atomic E-state index is -1.000. The van der Waals surface area contributed by atoms with Gasteiger partial charge in [0.2, 0.25) is 5.91 Å². The molecule has 1 saturated heterocycles. The highest BCUT2D eigenvalue weighted by molar-refractivity contribution is 5.95. The van der Waals surface area contributed by atoms with Gasteiger partial charge in [-0.05, 0) is 43.0 Å². The molecule has 10 heteroatoms. The molecule has 2 atom stereocenters. The quantitative estimate of drug-likeness (QED) is 0.474. The number of carbonyl (C=O) groups excluding carboxylic acids is 2. The summed E-state index contributed by atoms with van der Waals surface area (Å²) in [5.41, 5.74) is 1.70. The molecule has 1 fully saturated rings. The van der Waals surface area contributed by atoms with Gasteiger partial charge in [-0.3, -0.25) is 4.79 Å². The van der Waals surface area contributed by atoms with Crippen molar-refractivity contribution >= 4 is 34.3 Å². The molecule has 2 aromatic carbocycles. The van der Waals surface area contributed by atoms with E-state index in [0.717, 1.165) is 31.6 Å². The summed E-state index contributed by atoms with van der Waals surface area (Å²) in [7, 11) is 0. The molecule has 2 unspecified atom stereocenters. The predicted octanol–water partition coefficient (Wildman–Crippen LogP) is 4.45. The lowest BCUT2D eigenvalue weighted by atomic mass is 10.0. The van der Waals surface area contributed by atoms with Crippen LogP contribution in [0.4, 0.5) is 25.0 Å². The number of urea groups is 1. The Morgan fingerprint density at radius 3 is 2.44 bits per heavy atom. The van der Waals surface area contributed by atoms with Crippen LogP contribution in [0.2, 0.25) is 0 Å². The number of rotatable bonds is 7. The topological polar surface area (TPSA) is 97.3 Å². The highest BCUT2D eigenvalue weighted by Crippen LogP contribution is 2.27. The molecule has 0 aliphatic carbocycles. The summed E-state index contributed by atoms with van der Waals surface area (Å²) in [5.74, 6) is -2.47. The van der Waals surface area contributed by atoms with E-state index in [1.165, 1.54) is 6.33 Å². The average Bonchev–Trinajstić information content (AvgIpc) is 3.45. The Morgan fingerprint density at radius 2 is 1.79 bits per heavy atom. The molecule has 3 N–H and O–H groups in total. The molecule has 3 amide bonds. The van der Waals surface area contributed by atoms with Crippen molar-refractivity contribution in [1.29, 1.82) is 0 Å². The van der Waals surface area contributed by atoms with Crippen LogP contribution >= 0.6 is 0 Å². The second-order valence-electron chi connectivity index (χ2n) is 8.63. The zero-order valence-electron chi connectivity index (χ0n) is 19.0. The van der Waals surface area contributed by atoms with Crippen molar-refractivity contribution in [2.75, 3.05) is 23.8 Å². The lowest BCUT2D eigenvalue weighted by Gasteiger charge is -2.22. The van der Waals surface area contributed by atoms with Gasteiger partial charge in [0.05, 0.1) is 23.5 Å². The van der Waals surface area contributed by atoms with Gasteiger partial charge in [0.15, 0.2) is 11.6 Å². The van der Waals surface area contributed by atoms with Gasteiger partial charge >= 0.3 is 6.03 Å². The number of ether oxygens (including phenoxy) is 1. The number of nitrogens with zero attached hydrogens (tertiary/aromatic N) is 2. The Labute approximate surface area is 195 Å². The molecule has 8 nitrogen and oxygen atoms in total. The molecule has 0 radical (unpaired) electrons. The molecule has 3 aromatic rings. The first-order valence-corrected chi connectivity index (χ1v) is 11.2. The van der Waals surface area contributed by atoms with E-state index in [1.807, 2.05) is 13.8 Å². The summed E-state index contributed by atoms with van der Waals surface area (Å²) >= 11 is 0. The molecule has 0 spiro atoms. The fourth-order valence-corrected chi connectivity index (χ4v) is 4.03. The van der Waals surface area contributed by atoms with Gasteiger partial charge in [0.1, 0.15) is 6.04 Å². The van der Waals surface area contributed by atoms with E-state index in [2.05, 4.69) is 20.9 Å². The van der Waals surface area contributed by atoms with Crippen LogP contribution in [0.25, 0.3) is 11.0 Å². The molecular weight excluding hydrogens is 444 g/mol. The van der Waals surface area contributed by atoms with E-state index in [4.69, 9.17) is 4.74 Å². The van der Waals surface area contributed by atoms with Crippen LogP contribution in [-0.4, -0.2) is 40.7 Å². The highest BCUT2D eigenvalue weighted by Gasteiger charge is 2.26. The monoisotopic (exact) mass is 471 g/mol. The Morgan fingerprint density at radius 1 is 1.12 bits per heavy atom. The standard InChI is InChI=1S/C24H27F2N5O3/c1-14(2)22(31-13-28-20-10-18(25)19(26)11-21(20)31)23(32)29-15-5-7-16(8-6-15)30-24(33)27-12-17-4-3-9-34-17/h5-8,10-11,13-14,17,22H,3-4,9,12H2,1-2H3,(H,29,32)(H2,27,30,33). The minimum absolute atomic E-state index is 0.0559. The maximum Gasteiger partial charge on any atom is 0.319 e. The van der Waals surface area contributed by atoms with E-state index in [0.29, 0.717) is 23.4 Å². The fraction of sp³-hybridized carbons (Fsp3) is 0.375. The molecule has 1 aliphatic rings. The van der Waals surface area contributed by atoms with E-state index < -0.39 is 17.7 Å². The van der Waals surface area contributed by atoms with Gasteiger partial charge in [0, 0.05) is 36.7 Å². The molecule has 1 aromatic heterocycles. The first-order chi connectivity index (χ1) is 16.3. The number of hydrogen-bond donors (Lipinski definition) is 3. The summed E-state index contributed by atoms with van der Waals surface area (Å²) in [5, 5.41) is 8.37. The summed E-state index contributed by atoms with van der Waals surface area (Å²) in [6.07, 6.45) is 3.41. The Hall–Kier alpha value is -3.53. The molecule has 4 rings (SSSR count). The second kappa shape index (κ2) is 10.2. The summed E-state index contributed by atoms with van der Waals surface area (Å²) in [6, 6.07) is 7.73. The Balaban J connectivity index is 1.40. The van der Waals surface area contributed by atoms with Gasteiger partial charge < -0.3 is 25.3 Å². The maximum atomic E-state index is 13.8. The first kappa shape index (κ1) is 23.6. The van der Waals surface area contributed by atoms with Crippen LogP contribution < -0.4 is 16.0 Å². The molecule has 34 heavy (non-hydrogen) atoms. The number of aromatic nitrogens is 2. The third-order valence-corrected chi connectivity index (χ3v) is 5.74. The highest BCUT2D eigenvalue weighted by atomic mass is 19.2. The second-order valence-corrected chi connectivity index (χ2v) is 8.63. The van der Waals surface area contributed by atoms with E-state index in [9.17, 15) is 18.4 Å². The minimum Gasteiger partial charge on any atom is -0.376 e. The van der Waals surface area contributed by atoms with Crippen molar-refractivity contribution in [2.45, 2.75) is 38.8 Å². The number of benzene rings is 2. The summed E-state index contributed by atoms with van der Waals surface area (Å²) in [4.78, 5) is 29.3. The van der Waals surface area contributed by atoms with Gasteiger partial charge in [-0.25, -0.2) is 18.6 Å². The van der Waals surface area contributed by atoms with Crippen molar-refractivity contribution < 1.29 is 23.1 Å². The van der Waals surface area contributed by atoms with Gasteiger partial charge in [-0.2, -0.15) is 0 Å². The van der Waals surface area contributed by atoms with Gasteiger partial charge in [0.25, 0.3) is 0 Å². The normalized spacial score (nSPS) is 16.6. The van der Waals surface area contributed by atoms with Crippen molar-refractivity contribution in [2.24, 2.45) is 5.92 Å². The zero-order valence-corrected chi connectivity index (χ0v) is 19.0. The van der Waals surface area contributed by atoms with Crippen LogP contribution in [0.3, 0.4) is 0 Å². The van der Waals surface area contributed by atoms with Crippen LogP contribution in [0.5, 0.6) is 0 Å². The smallest absolute Gasteiger partial charge is 0.319 e. The van der Waals surface area contributed by atoms with E-state index in [-0.39, 0.29) is 29.5 Å². The number of hydrogen-bond acceptors (Lipinski definition) is 4. The SMILES string of the molecule is CC(C)C(C(=O)Nc1ccc(NC(=O)NCC2CCCO2)cc1)n1cnc2cc(F)c(F)cc21. The van der Waals surface area contributed by atoms with Gasteiger partial charge in [-0.1, -0.05) is 13.8 Å². The third kappa shape index (κ3) is 5.33. The molecule has 180 valence electrons. The molecule has 1 aliphatic heterocycles. The molecule has 0 saturated carbocycles. The largest absolute Gasteiger partial charge is 0.376 e. The first-order valence-electron chi connectivity index (χ1n) is 11.2. The Bertz CT molecular complexity index is 1170. The average molecular weight is 472 g/mol. The molecular formula is C24H27F2N5O3. The number of carbonyl (C=O) groups is 2. The van der Waals surface area contributed by atoms with Gasteiger partial charge in [-0.15, -0.1) is 0 Å². The van der Waals surface area contributed by atoms with Crippen LogP contribution in [0, 0.1) is 17.6 Å². The number of amides is 3. The van der Waals surface area contributed by atoms with Crippen molar-refractivity contribution in [3.05, 3.63) is 54.4 Å². The van der Waals surface area contributed by atoms with Crippen LogP contribution in [0.15, 0.2) is 42.7 Å². The number of nitrogens with one attached hydrogen (secondary N) is 3. The fourth-order valence-electron chi connectivity index (χ4n) is 4.03. The summed E-state index contributed by atoms with van der Waals surface area (Å²) in [6.45, 7) is 4.90. The molecule has 2 heterocycles. The van der Waals surface area contributed by atoms with Crippen molar-refractivity contribution in [3.63, 3.8) is 0 Å². The van der Waals surface area contributed by atoms with Crippen LogP contribution in [0.1, 0.15) is 32.7 Å². The van der Waals surface area contributed by atoms with Crippen LogP contribution in [-0.2, 0) is 9.53 Å².